The monoisotopic (exact) mass is 268 g/mol. The van der Waals surface area contributed by atoms with Gasteiger partial charge in [-0.3, -0.25) is 0 Å². The molecule has 1 aliphatic rings. The van der Waals surface area contributed by atoms with Gasteiger partial charge in [0.1, 0.15) is 5.75 Å². The molecule has 1 heterocycles. The molecule has 100 valence electrons. The predicted octanol–water partition coefficient (Wildman–Crippen LogP) is 2.85. The molecule has 1 atom stereocenters. The van der Waals surface area contributed by atoms with Crippen LogP contribution >= 0.6 is 11.6 Å². The van der Waals surface area contributed by atoms with Crippen molar-refractivity contribution >= 4 is 17.3 Å². The molecule has 0 spiro atoms. The van der Waals surface area contributed by atoms with Crippen LogP contribution in [0.5, 0.6) is 5.75 Å². The summed E-state index contributed by atoms with van der Waals surface area (Å²) in [4.78, 5) is 2.43. The van der Waals surface area contributed by atoms with Gasteiger partial charge in [-0.15, -0.1) is 0 Å². The quantitative estimate of drug-likeness (QED) is 0.912. The van der Waals surface area contributed by atoms with E-state index in [1.165, 1.54) is 0 Å². The first-order chi connectivity index (χ1) is 8.67. The minimum absolute atomic E-state index is 0.522. The van der Waals surface area contributed by atoms with Gasteiger partial charge >= 0.3 is 0 Å². The van der Waals surface area contributed by atoms with E-state index in [0.717, 1.165) is 48.1 Å². The summed E-state index contributed by atoms with van der Waals surface area (Å²) in [5.41, 5.74) is 2.26. The van der Waals surface area contributed by atoms with Gasteiger partial charge in [-0.05, 0) is 25.0 Å². The van der Waals surface area contributed by atoms with E-state index >= 15 is 0 Å². The highest BCUT2D eigenvalue weighted by Gasteiger charge is 2.23. The number of benzene rings is 1. The number of piperazine rings is 1. The van der Waals surface area contributed by atoms with Crippen LogP contribution in [0.4, 0.5) is 5.69 Å². The van der Waals surface area contributed by atoms with Crippen LogP contribution in [-0.4, -0.2) is 32.8 Å². The number of methoxy groups -OCH3 is 1. The first-order valence-electron chi connectivity index (χ1n) is 6.48. The SMILES string of the molecule is CCC1CNCCN1c1cc(C)c(Cl)cc1OC. The maximum Gasteiger partial charge on any atom is 0.143 e. The number of nitrogens with one attached hydrogen (secondary N) is 1. The normalized spacial score (nSPS) is 20.0. The number of ether oxygens (including phenoxy) is 1. The van der Waals surface area contributed by atoms with Crippen molar-refractivity contribution in [3.8, 4) is 5.75 Å². The highest BCUT2D eigenvalue weighted by Crippen LogP contribution is 2.35. The molecule has 1 saturated heterocycles. The molecule has 1 aromatic carbocycles. The summed E-state index contributed by atoms with van der Waals surface area (Å²) in [5, 5.41) is 4.20. The fraction of sp³-hybridized carbons (Fsp3) is 0.571. The van der Waals surface area contributed by atoms with Gasteiger partial charge in [0.15, 0.2) is 0 Å². The van der Waals surface area contributed by atoms with Crippen molar-refractivity contribution in [2.24, 2.45) is 0 Å². The van der Waals surface area contributed by atoms with E-state index in [1.54, 1.807) is 7.11 Å². The Morgan fingerprint density at radius 1 is 1.50 bits per heavy atom. The number of anilines is 1. The second kappa shape index (κ2) is 5.81. The molecule has 0 saturated carbocycles. The third-order valence-corrected chi connectivity index (χ3v) is 4.00. The first-order valence-corrected chi connectivity index (χ1v) is 6.86. The largest absolute Gasteiger partial charge is 0.495 e. The zero-order valence-corrected chi connectivity index (χ0v) is 12.0. The lowest BCUT2D eigenvalue weighted by molar-refractivity contribution is 0.405. The highest BCUT2D eigenvalue weighted by atomic mass is 35.5. The van der Waals surface area contributed by atoms with Crippen LogP contribution in [0, 0.1) is 6.92 Å². The van der Waals surface area contributed by atoms with Crippen molar-refractivity contribution in [2.75, 3.05) is 31.6 Å². The number of halogens is 1. The maximum atomic E-state index is 6.16. The smallest absolute Gasteiger partial charge is 0.143 e. The summed E-state index contributed by atoms with van der Waals surface area (Å²) in [6.45, 7) is 7.31. The average molecular weight is 269 g/mol. The van der Waals surface area contributed by atoms with E-state index in [0.29, 0.717) is 6.04 Å². The van der Waals surface area contributed by atoms with Crippen LogP contribution in [0.1, 0.15) is 18.9 Å². The van der Waals surface area contributed by atoms with Gasteiger partial charge in [-0.1, -0.05) is 18.5 Å². The topological polar surface area (TPSA) is 24.5 Å². The van der Waals surface area contributed by atoms with Crippen LogP contribution in [0.25, 0.3) is 0 Å². The Morgan fingerprint density at radius 3 is 2.94 bits per heavy atom. The summed E-state index contributed by atoms with van der Waals surface area (Å²) in [5.74, 6) is 0.867. The van der Waals surface area contributed by atoms with Crippen molar-refractivity contribution in [1.29, 1.82) is 0 Å². The number of hydrogen-bond acceptors (Lipinski definition) is 3. The molecule has 1 aromatic rings. The van der Waals surface area contributed by atoms with Crippen molar-refractivity contribution in [3.63, 3.8) is 0 Å². The van der Waals surface area contributed by atoms with Gasteiger partial charge in [0.05, 0.1) is 12.8 Å². The Balaban J connectivity index is 2.38. The maximum absolute atomic E-state index is 6.16. The van der Waals surface area contributed by atoms with E-state index in [2.05, 4.69) is 23.2 Å². The van der Waals surface area contributed by atoms with E-state index < -0.39 is 0 Å². The molecule has 0 amide bonds. The number of rotatable bonds is 3. The van der Waals surface area contributed by atoms with E-state index in [1.807, 2.05) is 13.0 Å². The van der Waals surface area contributed by atoms with Crippen LogP contribution in [0.3, 0.4) is 0 Å². The number of nitrogens with zero attached hydrogens (tertiary/aromatic N) is 1. The Morgan fingerprint density at radius 2 is 2.28 bits per heavy atom. The molecule has 18 heavy (non-hydrogen) atoms. The lowest BCUT2D eigenvalue weighted by Gasteiger charge is -2.38. The highest BCUT2D eigenvalue weighted by molar-refractivity contribution is 6.31. The molecule has 2 rings (SSSR count). The standard InChI is InChI=1S/C14H21ClN2O/c1-4-11-9-16-5-6-17(11)13-7-10(2)12(15)8-14(13)18-3/h7-8,11,16H,4-6,9H2,1-3H3. The molecular weight excluding hydrogens is 248 g/mol. The summed E-state index contributed by atoms with van der Waals surface area (Å²) in [6, 6.07) is 4.57. The van der Waals surface area contributed by atoms with Crippen LogP contribution in [0.15, 0.2) is 12.1 Å². The van der Waals surface area contributed by atoms with Gasteiger partial charge < -0.3 is 15.0 Å². The fourth-order valence-corrected chi connectivity index (χ4v) is 2.63. The van der Waals surface area contributed by atoms with E-state index in [4.69, 9.17) is 16.3 Å². The van der Waals surface area contributed by atoms with Crippen LogP contribution in [0.2, 0.25) is 5.02 Å². The van der Waals surface area contributed by atoms with E-state index in [-0.39, 0.29) is 0 Å². The van der Waals surface area contributed by atoms with Gasteiger partial charge in [-0.25, -0.2) is 0 Å². The van der Waals surface area contributed by atoms with Crippen molar-refractivity contribution in [3.05, 3.63) is 22.7 Å². The average Bonchev–Trinajstić information content (AvgIpc) is 2.41. The molecule has 3 nitrogen and oxygen atoms in total. The Hall–Kier alpha value is -0.930. The molecule has 1 aliphatic heterocycles. The fourth-order valence-electron chi connectivity index (χ4n) is 2.48. The third-order valence-electron chi connectivity index (χ3n) is 3.59. The molecule has 0 bridgehead atoms. The molecule has 1 fully saturated rings. The summed E-state index contributed by atoms with van der Waals surface area (Å²) in [6.07, 6.45) is 1.12. The second-order valence-corrected chi connectivity index (χ2v) is 5.14. The molecule has 0 aromatic heterocycles. The Labute approximate surface area is 114 Å². The predicted molar refractivity (Wildman–Crippen MR) is 77.0 cm³/mol. The van der Waals surface area contributed by atoms with Gasteiger partial charge in [0, 0.05) is 36.8 Å². The molecule has 0 aliphatic carbocycles. The zero-order chi connectivity index (χ0) is 13.1. The first kappa shape index (κ1) is 13.5. The van der Waals surface area contributed by atoms with Crippen LogP contribution < -0.4 is 15.0 Å². The summed E-state index contributed by atoms with van der Waals surface area (Å²) in [7, 11) is 1.70. The van der Waals surface area contributed by atoms with Crippen LogP contribution in [-0.2, 0) is 0 Å². The Bertz CT molecular complexity index is 423. The summed E-state index contributed by atoms with van der Waals surface area (Å²) < 4.78 is 5.48. The Kier molecular flexibility index (Phi) is 4.36. The van der Waals surface area contributed by atoms with E-state index in [9.17, 15) is 0 Å². The van der Waals surface area contributed by atoms with Crippen molar-refractivity contribution < 1.29 is 4.74 Å². The molecule has 1 N–H and O–H groups in total. The van der Waals surface area contributed by atoms with Gasteiger partial charge in [-0.2, -0.15) is 0 Å². The summed E-state index contributed by atoms with van der Waals surface area (Å²) >= 11 is 6.16. The van der Waals surface area contributed by atoms with Crippen molar-refractivity contribution in [1.82, 2.24) is 5.32 Å². The number of aryl methyl sites for hydroxylation is 1. The van der Waals surface area contributed by atoms with Gasteiger partial charge in [0.25, 0.3) is 0 Å². The number of hydrogen-bond donors (Lipinski definition) is 1. The lowest BCUT2D eigenvalue weighted by atomic mass is 10.1. The minimum atomic E-state index is 0.522. The second-order valence-electron chi connectivity index (χ2n) is 4.73. The zero-order valence-electron chi connectivity index (χ0n) is 11.3. The lowest BCUT2D eigenvalue weighted by Crippen LogP contribution is -2.51. The molecule has 1 unspecified atom stereocenters. The molecular formula is C14H21ClN2O. The minimum Gasteiger partial charge on any atom is -0.495 e. The molecule has 0 radical (unpaired) electrons. The third kappa shape index (κ3) is 2.57. The molecule has 4 heteroatoms. The van der Waals surface area contributed by atoms with Crippen molar-refractivity contribution in [2.45, 2.75) is 26.3 Å². The van der Waals surface area contributed by atoms with Gasteiger partial charge in [0.2, 0.25) is 0 Å².